The Morgan fingerprint density at radius 1 is 1.27 bits per heavy atom. The number of amidine groups is 1. The van der Waals surface area contributed by atoms with Gasteiger partial charge in [-0.25, -0.2) is 0 Å². The van der Waals surface area contributed by atoms with E-state index in [0.717, 1.165) is 3.57 Å². The van der Waals surface area contributed by atoms with Crippen molar-refractivity contribution in [1.29, 1.82) is 0 Å². The van der Waals surface area contributed by atoms with Crippen molar-refractivity contribution in [3.05, 3.63) is 62.7 Å². The molecule has 0 atom stereocenters. The smallest absolute Gasteiger partial charge is 0.265 e. The highest BCUT2D eigenvalue weighted by atomic mass is 127. The first-order chi connectivity index (χ1) is 10.5. The fourth-order valence-electron chi connectivity index (χ4n) is 1.60. The molecule has 0 aliphatic rings. The predicted molar refractivity (Wildman–Crippen MR) is 95.9 cm³/mol. The first-order valence-corrected chi connectivity index (χ1v) is 7.77. The number of benzene rings is 2. The molecule has 7 heteroatoms. The van der Waals surface area contributed by atoms with Crippen molar-refractivity contribution in [3.63, 3.8) is 0 Å². The second-order valence-electron chi connectivity index (χ2n) is 4.32. The van der Waals surface area contributed by atoms with E-state index in [2.05, 4.69) is 33.1 Å². The highest BCUT2D eigenvalue weighted by molar-refractivity contribution is 14.1. The Morgan fingerprint density at radius 2 is 2.00 bits per heavy atom. The molecule has 3 N–H and O–H groups in total. The van der Waals surface area contributed by atoms with E-state index in [4.69, 9.17) is 22.2 Å². The summed E-state index contributed by atoms with van der Waals surface area (Å²) in [5.74, 6) is -0.131. The van der Waals surface area contributed by atoms with E-state index in [-0.39, 0.29) is 18.3 Å². The summed E-state index contributed by atoms with van der Waals surface area (Å²) in [4.78, 5) is 16.7. The third-order valence-corrected chi connectivity index (χ3v) is 3.53. The zero-order valence-electron chi connectivity index (χ0n) is 11.4. The molecule has 0 bridgehead atoms. The van der Waals surface area contributed by atoms with E-state index in [1.165, 1.54) is 0 Å². The summed E-state index contributed by atoms with van der Waals surface area (Å²) in [5.41, 5.74) is 7.13. The van der Waals surface area contributed by atoms with Crippen LogP contribution in [0.25, 0.3) is 0 Å². The zero-order chi connectivity index (χ0) is 15.9. The number of nitrogens with one attached hydrogen (secondary N) is 1. The van der Waals surface area contributed by atoms with E-state index in [1.54, 1.807) is 30.3 Å². The van der Waals surface area contributed by atoms with E-state index in [9.17, 15) is 4.79 Å². The van der Waals surface area contributed by atoms with Crippen LogP contribution >= 0.6 is 34.2 Å². The molecule has 0 unspecified atom stereocenters. The number of carbonyl (C=O) groups is 1. The van der Waals surface area contributed by atoms with Crippen molar-refractivity contribution in [1.82, 2.24) is 0 Å². The molecule has 0 spiro atoms. The molecule has 1 amide bonds. The fourth-order valence-corrected chi connectivity index (χ4v) is 2.27. The number of nitrogens with two attached hydrogens (primary N) is 1. The lowest BCUT2D eigenvalue weighted by Crippen LogP contribution is -2.19. The first-order valence-electron chi connectivity index (χ1n) is 6.31. The molecule has 0 saturated heterocycles. The molecule has 2 rings (SSSR count). The van der Waals surface area contributed by atoms with Gasteiger partial charge >= 0.3 is 0 Å². The maximum absolute atomic E-state index is 11.7. The predicted octanol–water partition coefficient (Wildman–Crippen LogP) is 3.22. The van der Waals surface area contributed by atoms with Crippen LogP contribution in [0.5, 0.6) is 0 Å². The van der Waals surface area contributed by atoms with Gasteiger partial charge in [0.1, 0.15) is 0 Å². The van der Waals surface area contributed by atoms with Crippen LogP contribution in [0.15, 0.2) is 53.7 Å². The molecule has 5 nitrogen and oxygen atoms in total. The molecule has 0 radical (unpaired) electrons. The molecule has 22 heavy (non-hydrogen) atoms. The number of carbonyl (C=O) groups excluding carboxylic acids is 1. The highest BCUT2D eigenvalue weighted by Gasteiger charge is 2.04. The quantitative estimate of drug-likeness (QED) is 0.332. The average molecular weight is 430 g/mol. The van der Waals surface area contributed by atoms with Gasteiger partial charge in [0.15, 0.2) is 12.4 Å². The van der Waals surface area contributed by atoms with E-state index in [0.29, 0.717) is 16.3 Å². The molecule has 0 saturated carbocycles. The Hall–Kier alpha value is -1.80. The number of nitrogens with zero attached hydrogens (tertiary/aromatic N) is 1. The summed E-state index contributed by atoms with van der Waals surface area (Å²) in [5, 5.41) is 7.03. The SMILES string of the molecule is N/C(=N\OCC(=O)Nc1cccc(I)c1)c1ccc(Cl)cc1. The van der Waals surface area contributed by atoms with Gasteiger partial charge in [0.25, 0.3) is 5.91 Å². The van der Waals surface area contributed by atoms with Crippen LogP contribution < -0.4 is 11.1 Å². The summed E-state index contributed by atoms with van der Waals surface area (Å²) < 4.78 is 1.03. The molecule has 0 fully saturated rings. The Balaban J connectivity index is 1.85. The van der Waals surface area contributed by atoms with Crippen LogP contribution in [-0.4, -0.2) is 18.3 Å². The second-order valence-corrected chi connectivity index (χ2v) is 6.00. The largest absolute Gasteiger partial charge is 0.384 e. The number of halogens is 2. The standard InChI is InChI=1S/C15H13ClIN3O2/c16-11-6-4-10(5-7-11)15(18)20-22-9-14(21)19-13-3-1-2-12(17)8-13/h1-8H,9H2,(H2,18,20)(H,19,21). The van der Waals surface area contributed by atoms with Crippen molar-refractivity contribution in [3.8, 4) is 0 Å². The molecular weight excluding hydrogens is 417 g/mol. The number of oxime groups is 1. The number of hydrogen-bond acceptors (Lipinski definition) is 3. The minimum atomic E-state index is -0.311. The van der Waals surface area contributed by atoms with E-state index in [1.807, 2.05) is 18.2 Å². The zero-order valence-corrected chi connectivity index (χ0v) is 14.3. The van der Waals surface area contributed by atoms with Crippen LogP contribution in [0.3, 0.4) is 0 Å². The first kappa shape index (κ1) is 16.6. The maximum atomic E-state index is 11.7. The van der Waals surface area contributed by atoms with Gasteiger partial charge < -0.3 is 15.9 Å². The minimum Gasteiger partial charge on any atom is -0.384 e. The maximum Gasteiger partial charge on any atom is 0.265 e. The van der Waals surface area contributed by atoms with Gasteiger partial charge in [0.05, 0.1) is 0 Å². The lowest BCUT2D eigenvalue weighted by molar-refractivity contribution is -0.120. The van der Waals surface area contributed by atoms with Crippen LogP contribution in [-0.2, 0) is 9.63 Å². The highest BCUT2D eigenvalue weighted by Crippen LogP contribution is 2.12. The van der Waals surface area contributed by atoms with E-state index < -0.39 is 0 Å². The van der Waals surface area contributed by atoms with Crippen LogP contribution in [0, 0.1) is 3.57 Å². The van der Waals surface area contributed by atoms with E-state index >= 15 is 0 Å². The normalized spacial score (nSPS) is 11.1. The Bertz CT molecular complexity index is 689. The molecule has 0 aromatic heterocycles. The lowest BCUT2D eigenvalue weighted by atomic mass is 10.2. The summed E-state index contributed by atoms with van der Waals surface area (Å²) in [6, 6.07) is 14.3. The topological polar surface area (TPSA) is 76.7 Å². The molecular formula is C15H13ClIN3O2. The van der Waals surface area contributed by atoms with Crippen molar-refractivity contribution in [2.45, 2.75) is 0 Å². The van der Waals surface area contributed by atoms with Gasteiger partial charge in [-0.1, -0.05) is 22.8 Å². The average Bonchev–Trinajstić information content (AvgIpc) is 2.47. The Kier molecular flexibility index (Phi) is 6.02. The summed E-state index contributed by atoms with van der Waals surface area (Å²) >= 11 is 7.95. The van der Waals surface area contributed by atoms with Crippen LogP contribution in [0.2, 0.25) is 5.02 Å². The molecule has 2 aromatic rings. The summed E-state index contributed by atoms with van der Waals surface area (Å²) in [6.45, 7) is -0.222. The molecule has 114 valence electrons. The molecule has 0 heterocycles. The third kappa shape index (κ3) is 5.19. The Morgan fingerprint density at radius 3 is 2.68 bits per heavy atom. The van der Waals surface area contributed by atoms with Gasteiger partial charge in [0, 0.05) is 19.8 Å². The van der Waals surface area contributed by atoms with Gasteiger partial charge in [-0.2, -0.15) is 0 Å². The van der Waals surface area contributed by atoms with Gasteiger partial charge in [-0.15, -0.1) is 0 Å². The number of amides is 1. The molecule has 0 aliphatic heterocycles. The summed E-state index contributed by atoms with van der Waals surface area (Å²) in [6.07, 6.45) is 0. The third-order valence-electron chi connectivity index (χ3n) is 2.61. The van der Waals surface area contributed by atoms with Gasteiger partial charge in [0.2, 0.25) is 0 Å². The lowest BCUT2D eigenvalue weighted by Gasteiger charge is -2.05. The van der Waals surface area contributed by atoms with Crippen molar-refractivity contribution < 1.29 is 9.63 Å². The number of anilines is 1. The fraction of sp³-hybridized carbons (Fsp3) is 0.0667. The van der Waals surface area contributed by atoms with Crippen molar-refractivity contribution >= 4 is 51.6 Å². The molecule has 0 aliphatic carbocycles. The summed E-state index contributed by atoms with van der Waals surface area (Å²) in [7, 11) is 0. The van der Waals surface area contributed by atoms with Crippen molar-refractivity contribution in [2.24, 2.45) is 10.9 Å². The second kappa shape index (κ2) is 8.00. The van der Waals surface area contributed by atoms with Crippen LogP contribution in [0.1, 0.15) is 5.56 Å². The van der Waals surface area contributed by atoms with Crippen molar-refractivity contribution in [2.75, 3.05) is 11.9 Å². The monoisotopic (exact) mass is 429 g/mol. The van der Waals surface area contributed by atoms with Crippen LogP contribution in [0.4, 0.5) is 5.69 Å². The Labute approximate surface area is 146 Å². The van der Waals surface area contributed by atoms with Gasteiger partial charge in [-0.3, -0.25) is 4.79 Å². The minimum absolute atomic E-state index is 0.179. The number of rotatable bonds is 5. The number of hydrogen-bond donors (Lipinski definition) is 2. The molecule has 2 aromatic carbocycles. The van der Waals surface area contributed by atoms with Gasteiger partial charge in [-0.05, 0) is 65.1 Å².